The van der Waals surface area contributed by atoms with Crippen LogP contribution in [0.2, 0.25) is 5.02 Å². The molecule has 1 aromatic carbocycles. The second-order valence-electron chi connectivity index (χ2n) is 5.62. The van der Waals surface area contributed by atoms with Crippen LogP contribution in [0.4, 0.5) is 0 Å². The largest absolute Gasteiger partial charge is 0.489 e. The van der Waals surface area contributed by atoms with E-state index in [1.807, 2.05) is 6.07 Å². The first kappa shape index (κ1) is 16.3. The number of nitriles is 1. The van der Waals surface area contributed by atoms with E-state index >= 15 is 0 Å². The van der Waals surface area contributed by atoms with E-state index in [1.54, 1.807) is 26.0 Å². The van der Waals surface area contributed by atoms with Crippen molar-refractivity contribution in [3.63, 3.8) is 0 Å². The monoisotopic (exact) mass is 345 g/mol. The summed E-state index contributed by atoms with van der Waals surface area (Å²) in [5.41, 5.74) is 1.71. The minimum absolute atomic E-state index is 0.114. The molecule has 0 spiro atoms. The maximum atomic E-state index is 12.4. The molecular formula is C17H16ClN3O3. The maximum absolute atomic E-state index is 12.4. The van der Waals surface area contributed by atoms with Crippen molar-refractivity contribution in [2.75, 3.05) is 13.2 Å². The summed E-state index contributed by atoms with van der Waals surface area (Å²) in [4.78, 5) is 12.4. The molecular weight excluding hydrogens is 330 g/mol. The topological polar surface area (TPSA) is 77.1 Å². The summed E-state index contributed by atoms with van der Waals surface area (Å²) >= 11 is 6.28. The van der Waals surface area contributed by atoms with E-state index < -0.39 is 5.56 Å². The first-order valence-electron chi connectivity index (χ1n) is 7.57. The van der Waals surface area contributed by atoms with Crippen LogP contribution in [0, 0.1) is 25.2 Å². The Labute approximate surface area is 144 Å². The number of rotatable bonds is 2. The Morgan fingerprint density at radius 3 is 2.83 bits per heavy atom. The van der Waals surface area contributed by atoms with Crippen molar-refractivity contribution < 1.29 is 9.47 Å². The second-order valence-corrected chi connectivity index (χ2v) is 6.02. The Morgan fingerprint density at radius 2 is 2.08 bits per heavy atom. The zero-order valence-electron chi connectivity index (χ0n) is 13.4. The quantitative estimate of drug-likeness (QED) is 0.836. The van der Waals surface area contributed by atoms with Gasteiger partial charge in [-0.25, -0.2) is 4.68 Å². The molecule has 0 unspecified atom stereocenters. The minimum atomic E-state index is -0.413. The molecule has 0 amide bonds. The van der Waals surface area contributed by atoms with Crippen LogP contribution in [0.3, 0.4) is 0 Å². The number of nitrogens with zero attached hydrogens (tertiary/aromatic N) is 3. The lowest BCUT2D eigenvalue weighted by Crippen LogP contribution is -2.28. The smallest absolute Gasteiger partial charge is 0.285 e. The van der Waals surface area contributed by atoms with Crippen LogP contribution in [0.25, 0.3) is 0 Å². The molecule has 1 aromatic heterocycles. The van der Waals surface area contributed by atoms with E-state index in [-0.39, 0.29) is 12.1 Å². The van der Waals surface area contributed by atoms with Crippen LogP contribution in [0.5, 0.6) is 11.5 Å². The van der Waals surface area contributed by atoms with Crippen molar-refractivity contribution in [3.05, 3.63) is 49.9 Å². The van der Waals surface area contributed by atoms with Gasteiger partial charge < -0.3 is 9.47 Å². The van der Waals surface area contributed by atoms with E-state index in [1.165, 1.54) is 4.68 Å². The first-order valence-corrected chi connectivity index (χ1v) is 7.95. The molecule has 2 heterocycles. The van der Waals surface area contributed by atoms with E-state index in [0.717, 1.165) is 12.0 Å². The van der Waals surface area contributed by atoms with Gasteiger partial charge in [0.2, 0.25) is 0 Å². The lowest BCUT2D eigenvalue weighted by atomic mass is 10.1. The van der Waals surface area contributed by atoms with Crippen LogP contribution in [-0.4, -0.2) is 23.0 Å². The SMILES string of the molecule is Cc1nn(Cc2cc(Cl)c3c(c2)OCCCO3)c(=O)c(C#N)c1C. The lowest BCUT2D eigenvalue weighted by Gasteiger charge is -2.13. The highest BCUT2D eigenvalue weighted by Gasteiger charge is 2.17. The van der Waals surface area contributed by atoms with Gasteiger partial charge in [0.05, 0.1) is 30.5 Å². The Bertz CT molecular complexity index is 899. The number of ether oxygens (including phenoxy) is 2. The average Bonchev–Trinajstić information content (AvgIpc) is 2.79. The Balaban J connectivity index is 2.03. The molecule has 0 saturated carbocycles. The van der Waals surface area contributed by atoms with Crippen LogP contribution < -0.4 is 15.0 Å². The molecule has 2 aromatic rings. The summed E-state index contributed by atoms with van der Waals surface area (Å²) in [6, 6.07) is 5.48. The molecule has 0 saturated heterocycles. The van der Waals surface area contributed by atoms with Crippen molar-refractivity contribution in [3.8, 4) is 17.6 Å². The second kappa shape index (κ2) is 6.54. The zero-order chi connectivity index (χ0) is 17.3. The number of hydrogen-bond acceptors (Lipinski definition) is 5. The molecule has 6 nitrogen and oxygen atoms in total. The Kier molecular flexibility index (Phi) is 4.45. The van der Waals surface area contributed by atoms with Crippen LogP contribution in [0.1, 0.15) is 28.8 Å². The van der Waals surface area contributed by atoms with Gasteiger partial charge in [0.25, 0.3) is 5.56 Å². The fourth-order valence-electron chi connectivity index (χ4n) is 2.56. The molecule has 1 aliphatic heterocycles. The van der Waals surface area contributed by atoms with Crippen LogP contribution in [-0.2, 0) is 6.54 Å². The van der Waals surface area contributed by atoms with Gasteiger partial charge in [-0.15, -0.1) is 0 Å². The first-order chi connectivity index (χ1) is 11.5. The van der Waals surface area contributed by atoms with Gasteiger partial charge in [0.1, 0.15) is 11.6 Å². The molecule has 3 rings (SSSR count). The van der Waals surface area contributed by atoms with Crippen molar-refractivity contribution in [2.24, 2.45) is 0 Å². The molecule has 0 atom stereocenters. The summed E-state index contributed by atoms with van der Waals surface area (Å²) in [6.45, 7) is 4.79. The van der Waals surface area contributed by atoms with Gasteiger partial charge in [0, 0.05) is 6.42 Å². The van der Waals surface area contributed by atoms with Crippen molar-refractivity contribution in [1.82, 2.24) is 9.78 Å². The lowest BCUT2D eigenvalue weighted by molar-refractivity contribution is 0.297. The Hall–Kier alpha value is -2.52. The maximum Gasteiger partial charge on any atom is 0.285 e. The number of aromatic nitrogens is 2. The molecule has 0 fully saturated rings. The fourth-order valence-corrected chi connectivity index (χ4v) is 2.85. The number of aryl methyl sites for hydroxylation is 1. The van der Waals surface area contributed by atoms with Crippen molar-refractivity contribution >= 4 is 11.6 Å². The van der Waals surface area contributed by atoms with E-state index in [2.05, 4.69) is 5.10 Å². The van der Waals surface area contributed by atoms with Gasteiger partial charge in [-0.2, -0.15) is 10.4 Å². The number of hydrogen-bond donors (Lipinski definition) is 0. The van der Waals surface area contributed by atoms with E-state index in [9.17, 15) is 10.1 Å². The Morgan fingerprint density at radius 1 is 1.33 bits per heavy atom. The van der Waals surface area contributed by atoms with E-state index in [0.29, 0.717) is 41.0 Å². The normalized spacial score (nSPS) is 13.2. The van der Waals surface area contributed by atoms with Gasteiger partial charge in [0.15, 0.2) is 11.5 Å². The summed E-state index contributed by atoms with van der Waals surface area (Å²) in [5.74, 6) is 1.09. The highest BCUT2D eigenvalue weighted by Crippen LogP contribution is 2.38. The minimum Gasteiger partial charge on any atom is -0.489 e. The predicted octanol–water partition coefficient (Wildman–Crippen LogP) is 2.59. The predicted molar refractivity (Wildman–Crippen MR) is 88.8 cm³/mol. The van der Waals surface area contributed by atoms with Gasteiger partial charge in [-0.1, -0.05) is 11.6 Å². The summed E-state index contributed by atoms with van der Waals surface area (Å²) in [6.07, 6.45) is 0.782. The zero-order valence-corrected chi connectivity index (χ0v) is 14.2. The molecule has 124 valence electrons. The molecule has 0 aliphatic carbocycles. The van der Waals surface area contributed by atoms with Crippen molar-refractivity contribution in [2.45, 2.75) is 26.8 Å². The summed E-state index contributed by atoms with van der Waals surface area (Å²) in [7, 11) is 0. The molecule has 0 radical (unpaired) electrons. The third kappa shape index (κ3) is 2.95. The van der Waals surface area contributed by atoms with Crippen LogP contribution in [0.15, 0.2) is 16.9 Å². The molecule has 0 N–H and O–H groups in total. The number of halogens is 1. The number of fused-ring (bicyclic) bond motifs is 1. The van der Waals surface area contributed by atoms with Gasteiger partial charge >= 0.3 is 0 Å². The van der Waals surface area contributed by atoms with E-state index in [4.69, 9.17) is 21.1 Å². The average molecular weight is 346 g/mol. The summed E-state index contributed by atoms with van der Waals surface area (Å²) in [5, 5.41) is 13.9. The molecule has 1 aliphatic rings. The molecule has 0 bridgehead atoms. The molecule has 24 heavy (non-hydrogen) atoms. The number of benzene rings is 1. The molecule has 7 heteroatoms. The highest BCUT2D eigenvalue weighted by atomic mass is 35.5. The van der Waals surface area contributed by atoms with Crippen molar-refractivity contribution in [1.29, 1.82) is 5.26 Å². The third-order valence-electron chi connectivity index (χ3n) is 3.94. The highest BCUT2D eigenvalue weighted by molar-refractivity contribution is 6.32. The van der Waals surface area contributed by atoms with Crippen LogP contribution >= 0.6 is 11.6 Å². The standard InChI is InChI=1S/C17H16ClN3O3/c1-10-11(2)20-21(17(22)13(10)8-19)9-12-6-14(18)16-15(7-12)23-4-3-5-24-16/h6-7H,3-5,9H2,1-2H3. The third-order valence-corrected chi connectivity index (χ3v) is 4.22. The fraction of sp³-hybridized carbons (Fsp3) is 0.353. The summed E-state index contributed by atoms with van der Waals surface area (Å²) < 4.78 is 12.5. The van der Waals surface area contributed by atoms with Gasteiger partial charge in [-0.3, -0.25) is 4.79 Å². The van der Waals surface area contributed by atoms with Gasteiger partial charge in [-0.05, 0) is 37.1 Å².